The van der Waals surface area contributed by atoms with Crippen LogP contribution in [0.4, 0.5) is 4.79 Å². The van der Waals surface area contributed by atoms with Crippen molar-refractivity contribution in [3.8, 4) is 0 Å². The molecule has 30 heteroatoms. The van der Waals surface area contributed by atoms with Crippen LogP contribution in [-0.4, -0.2) is 256 Å². The molecule has 3 fully saturated rings. The van der Waals surface area contributed by atoms with E-state index in [1.807, 2.05) is 51.2 Å². The van der Waals surface area contributed by atoms with Gasteiger partial charge in [-0.05, 0) is 113 Å². The summed E-state index contributed by atoms with van der Waals surface area (Å²) in [6, 6.07) is -2.53. The Labute approximate surface area is 601 Å². The maximum absolute atomic E-state index is 14.7. The maximum Gasteiger partial charge on any atom is 0.508 e. The second-order valence-electron chi connectivity index (χ2n) is 27.4. The number of Topliss-reactive ketones (excluding diaryl/α,β-unsaturated/α-hetero) is 3. The number of nitrogens with zero attached hydrogens (tertiary/aromatic N) is 1. The lowest BCUT2D eigenvalue weighted by Crippen LogP contribution is -2.61. The molecule has 3 amide bonds. The Balaban J connectivity index is 1.37. The zero-order valence-corrected chi connectivity index (χ0v) is 62.0. The van der Waals surface area contributed by atoms with Crippen LogP contribution in [0.2, 0.25) is 0 Å². The molecule has 0 aromatic carbocycles. The number of amides is 3. The number of carbonyl (C=O) groups is 9. The predicted molar refractivity (Wildman–Crippen MR) is 373 cm³/mol. The quantitative estimate of drug-likeness (QED) is 0.0226. The van der Waals surface area contributed by atoms with Crippen molar-refractivity contribution >= 4 is 74.8 Å². The Hall–Kier alpha value is -5.19. The third-order valence-electron chi connectivity index (χ3n) is 19.5. The number of carboxylic acid groups (broad SMARTS) is 1. The molecule has 28 nitrogen and oxygen atoms in total. The van der Waals surface area contributed by atoms with E-state index in [0.717, 1.165) is 21.3 Å². The number of fused-ring (bicyclic) bond motifs is 3. The molecule has 10 N–H and O–H groups in total. The smallest absolute Gasteiger partial charge is 0.480 e. The van der Waals surface area contributed by atoms with Gasteiger partial charge in [0.25, 0.3) is 11.7 Å². The van der Waals surface area contributed by atoms with Gasteiger partial charge in [0.15, 0.2) is 11.6 Å². The van der Waals surface area contributed by atoms with E-state index >= 15 is 0 Å². The van der Waals surface area contributed by atoms with Crippen molar-refractivity contribution < 1.29 is 122 Å². The fourth-order valence-corrected chi connectivity index (χ4v) is 15.0. The van der Waals surface area contributed by atoms with E-state index in [1.165, 1.54) is 24.8 Å². The summed E-state index contributed by atoms with van der Waals surface area (Å²) < 4.78 is 46.5. The van der Waals surface area contributed by atoms with Gasteiger partial charge in [0.1, 0.15) is 55.8 Å². The molecular formula is C71H113N3O25S2. The van der Waals surface area contributed by atoms with Crippen molar-refractivity contribution in [2.24, 2.45) is 41.4 Å². The van der Waals surface area contributed by atoms with E-state index in [4.69, 9.17) is 43.0 Å². The fraction of sp³-hybridized carbons (Fsp3) is 0.761. The monoisotopic (exact) mass is 1470 g/mol. The average molecular weight is 1470 g/mol. The van der Waals surface area contributed by atoms with E-state index in [-0.39, 0.29) is 93.2 Å². The number of carbonyl (C=O) groups excluding carboxylic acids is 8. The van der Waals surface area contributed by atoms with Crippen molar-refractivity contribution in [3.63, 3.8) is 0 Å². The number of nitrogens with one attached hydrogen (secondary N) is 2. The summed E-state index contributed by atoms with van der Waals surface area (Å²) >= 11 is 0. The number of ketones is 3. The first-order valence-corrected chi connectivity index (χ1v) is 37.6. The summed E-state index contributed by atoms with van der Waals surface area (Å²) in [5, 5.41) is 86.3. The van der Waals surface area contributed by atoms with Gasteiger partial charge in [-0.15, -0.1) is 0 Å². The molecule has 3 aliphatic heterocycles. The van der Waals surface area contributed by atoms with Crippen molar-refractivity contribution in [1.29, 1.82) is 0 Å². The number of ether oxygens (including phenoxy) is 8. The zero-order chi connectivity index (χ0) is 75.3. The highest BCUT2D eigenvalue weighted by Crippen LogP contribution is 2.38. The highest BCUT2D eigenvalue weighted by atomic mass is 33.1. The first-order valence-electron chi connectivity index (χ1n) is 35.1. The highest BCUT2D eigenvalue weighted by Gasteiger charge is 2.53. The standard InChI is InChI=1S/C71H113N3O25S2/c1-40-17-13-12-14-18-41(2)56(92-9)35-49-23-21-47(8)71(91,99-49)65(84)67(86)74-26-16-15-19-51(74)69(89)98-57(36-52(76)43(4)32-46(7)61(81)64(94-11)60(80)45(6)31-40)44(5)33-48-22-24-55(58(34-48)93-10)95-27-28-96-70(90)97-29-30-100-101-39-50(68(87)88)73-66(85)42(3)20-25-59(79)72-37-53(77)62(82)63(83)54(78)38-75/h12-14,17-18,32,40,42,44-51,53-58,61-64,75,77-78,81-83,91H,15-16,19-31,33-39H2,1-11H3,(H,72,79)(H,73,85)(H,87,88)/b14-12?,17-13?,41-18?,43-32+/t40-,42+,44-,45-,46?,47-,48+,49+,50+,51+,53+,54-,55-,56+,57+,58-,61-,62-,63-,64+,71-/m1/s1. The molecule has 1 unspecified atom stereocenters. The first-order chi connectivity index (χ1) is 47.8. The lowest BCUT2D eigenvalue weighted by Gasteiger charge is -2.42. The van der Waals surface area contributed by atoms with E-state index < -0.39 is 175 Å². The van der Waals surface area contributed by atoms with Crippen LogP contribution in [-0.2, 0) is 76.3 Å². The molecule has 4 aliphatic rings. The molecule has 3 heterocycles. The zero-order valence-electron chi connectivity index (χ0n) is 60.3. The molecule has 2 bridgehead atoms. The second-order valence-corrected chi connectivity index (χ2v) is 30.1. The van der Waals surface area contributed by atoms with E-state index in [2.05, 4.69) is 10.6 Å². The Kier molecular flexibility index (Phi) is 38.9. The summed E-state index contributed by atoms with van der Waals surface area (Å²) in [5.74, 6) is -12.0. The van der Waals surface area contributed by atoms with Gasteiger partial charge < -0.3 is 94.3 Å². The van der Waals surface area contributed by atoms with Crippen LogP contribution >= 0.6 is 21.6 Å². The Morgan fingerprint density at radius 3 is 2.19 bits per heavy atom. The van der Waals surface area contributed by atoms with Gasteiger partial charge in [0, 0.05) is 88.9 Å². The van der Waals surface area contributed by atoms with Gasteiger partial charge in [0.05, 0.1) is 49.8 Å². The third kappa shape index (κ3) is 28.0. The number of aliphatic carboxylic acids is 1. The number of cyclic esters (lactones) is 1. The number of aliphatic hydroxyl groups excluding tert-OH is 6. The molecule has 0 aromatic heterocycles. The number of allylic oxidation sites excluding steroid dienone is 6. The van der Waals surface area contributed by atoms with Gasteiger partial charge in [-0.3, -0.25) is 28.8 Å². The first kappa shape index (κ1) is 88.2. The van der Waals surface area contributed by atoms with E-state index in [1.54, 1.807) is 48.0 Å². The summed E-state index contributed by atoms with van der Waals surface area (Å²) in [6.07, 6.45) is 1.76. The van der Waals surface area contributed by atoms with Crippen LogP contribution in [0.15, 0.2) is 47.6 Å². The average Bonchev–Trinajstić information content (AvgIpc) is 0.774. The molecule has 2 saturated heterocycles. The molecule has 101 heavy (non-hydrogen) atoms. The van der Waals surface area contributed by atoms with Gasteiger partial charge >= 0.3 is 18.1 Å². The van der Waals surface area contributed by atoms with Crippen LogP contribution < -0.4 is 10.6 Å². The predicted octanol–water partition coefficient (Wildman–Crippen LogP) is 4.28. The van der Waals surface area contributed by atoms with E-state index in [9.17, 15) is 78.9 Å². The Morgan fingerprint density at radius 2 is 1.51 bits per heavy atom. The summed E-state index contributed by atoms with van der Waals surface area (Å²) in [5.41, 5.74) is 1.09. The molecule has 21 atom stereocenters. The minimum absolute atomic E-state index is 0.000144. The van der Waals surface area contributed by atoms with Crippen LogP contribution in [0.3, 0.4) is 0 Å². The number of hydrogen-bond donors (Lipinski definition) is 10. The maximum atomic E-state index is 14.7. The van der Waals surface area contributed by atoms with Gasteiger partial charge in [0.2, 0.25) is 17.6 Å². The molecule has 1 saturated carbocycles. The molecule has 4 rings (SSSR count). The number of carboxylic acids is 1. The minimum atomic E-state index is -2.50. The largest absolute Gasteiger partial charge is 0.508 e. The van der Waals surface area contributed by atoms with Crippen LogP contribution in [0, 0.1) is 41.4 Å². The van der Waals surface area contributed by atoms with Crippen LogP contribution in [0.1, 0.15) is 145 Å². The van der Waals surface area contributed by atoms with Crippen LogP contribution in [0.5, 0.6) is 0 Å². The Morgan fingerprint density at radius 1 is 0.812 bits per heavy atom. The SMILES string of the molecule is CO[C@H]1C[C@@H]2CC[C@@H](C)[C@@](O)(O2)C(=O)C(=O)N2CCCC[C@H]2C(=O)O[C@H]([C@H](C)C[C@@H]2CC[C@@H](OCCOC(=O)OCCSSC[C@H](NC(=O)[C@@H](C)CCC(=O)NC[C@H](O)[C@@H](O)[C@H](O)[C@H](O)CO)C(=O)O)[C@H](OC)C2)CC(=O)/C(C)=C/C(C)[C@@H](O)[C@@H](OC)C(=O)[C@H](C)C[C@H](C)C=CC=CC=C1C. The number of aliphatic hydroxyl groups is 7. The molecule has 574 valence electrons. The van der Waals surface area contributed by atoms with Crippen molar-refractivity contribution in [1.82, 2.24) is 15.5 Å². The number of methoxy groups -OCH3 is 3. The molecule has 0 radical (unpaired) electrons. The van der Waals surface area contributed by atoms with Crippen molar-refractivity contribution in [3.05, 3.63) is 47.6 Å². The van der Waals surface area contributed by atoms with Gasteiger partial charge in [-0.2, -0.15) is 0 Å². The number of rotatable bonds is 28. The number of esters is 1. The summed E-state index contributed by atoms with van der Waals surface area (Å²) in [6.45, 7) is 12.3. The number of piperidine rings is 1. The third-order valence-corrected chi connectivity index (χ3v) is 21.9. The van der Waals surface area contributed by atoms with Crippen molar-refractivity contribution in [2.45, 2.75) is 230 Å². The molecule has 1 aliphatic carbocycles. The number of hydrogen-bond acceptors (Lipinski definition) is 26. The summed E-state index contributed by atoms with van der Waals surface area (Å²) in [7, 11) is 6.76. The summed E-state index contributed by atoms with van der Waals surface area (Å²) in [4.78, 5) is 123. The van der Waals surface area contributed by atoms with Gasteiger partial charge in [-0.1, -0.05) is 99.6 Å². The fourth-order valence-electron chi connectivity index (χ4n) is 13.0. The van der Waals surface area contributed by atoms with Crippen molar-refractivity contribution in [2.75, 3.05) is 72.4 Å². The lowest BCUT2D eigenvalue weighted by atomic mass is 9.78. The van der Waals surface area contributed by atoms with Crippen LogP contribution in [0.25, 0.3) is 0 Å². The second kappa shape index (κ2) is 44.6. The topological polar surface area (TPSA) is 417 Å². The van der Waals surface area contributed by atoms with E-state index in [0.29, 0.717) is 57.8 Å². The Bertz CT molecular complexity index is 2810. The minimum Gasteiger partial charge on any atom is -0.480 e. The molecule has 0 spiro atoms. The molecule has 0 aromatic rings. The lowest BCUT2D eigenvalue weighted by molar-refractivity contribution is -0.265. The molecular weight excluding hydrogens is 1360 g/mol. The normalized spacial score (nSPS) is 30.8. The van der Waals surface area contributed by atoms with Gasteiger partial charge in [-0.25, -0.2) is 14.4 Å². The highest BCUT2D eigenvalue weighted by molar-refractivity contribution is 8.76.